The van der Waals surface area contributed by atoms with Gasteiger partial charge < -0.3 is 0 Å². The summed E-state index contributed by atoms with van der Waals surface area (Å²) in [6, 6.07) is 19.2. The third-order valence-corrected chi connectivity index (χ3v) is 7.28. The molecular weight excluding hydrogens is 374 g/mol. The van der Waals surface area contributed by atoms with Crippen LogP contribution in [0.25, 0.3) is 11.1 Å². The highest BCUT2D eigenvalue weighted by atomic mass is 14.3. The molecule has 1 unspecified atom stereocenters. The molecule has 0 heterocycles. The Hall–Kier alpha value is -2.33. The Morgan fingerprint density at radius 2 is 1.52 bits per heavy atom. The van der Waals surface area contributed by atoms with Crippen LogP contribution in [0.2, 0.25) is 0 Å². The Labute approximate surface area is 190 Å². The van der Waals surface area contributed by atoms with Crippen molar-refractivity contribution in [2.75, 3.05) is 0 Å². The van der Waals surface area contributed by atoms with Crippen molar-refractivity contribution >= 4 is 0 Å². The predicted molar refractivity (Wildman–Crippen MR) is 133 cm³/mol. The van der Waals surface area contributed by atoms with Gasteiger partial charge in [0.15, 0.2) is 0 Å². The van der Waals surface area contributed by atoms with Gasteiger partial charge in [-0.1, -0.05) is 101 Å². The van der Waals surface area contributed by atoms with Crippen molar-refractivity contribution in [3.63, 3.8) is 0 Å². The Balaban J connectivity index is 1.57. The monoisotopic (exact) mass is 413 g/mol. The van der Waals surface area contributed by atoms with E-state index < -0.39 is 0 Å². The molecule has 2 aromatic rings. The molecule has 31 heavy (non-hydrogen) atoms. The van der Waals surface area contributed by atoms with Crippen molar-refractivity contribution in [3.05, 3.63) is 72.3 Å². The maximum Gasteiger partial charge on any atom is 0.0991 e. The number of hydrogen-bond acceptors (Lipinski definition) is 1. The molecule has 2 aromatic carbocycles. The van der Waals surface area contributed by atoms with Gasteiger partial charge in [0.05, 0.1) is 11.6 Å². The second-order valence-electron chi connectivity index (χ2n) is 9.43. The van der Waals surface area contributed by atoms with E-state index in [-0.39, 0.29) is 0 Å². The molecule has 3 rings (SSSR count). The summed E-state index contributed by atoms with van der Waals surface area (Å²) in [7, 11) is 0. The van der Waals surface area contributed by atoms with E-state index in [4.69, 9.17) is 5.26 Å². The van der Waals surface area contributed by atoms with Gasteiger partial charge in [0, 0.05) is 0 Å². The fourth-order valence-electron chi connectivity index (χ4n) is 5.36. The first kappa shape index (κ1) is 23.3. The van der Waals surface area contributed by atoms with Gasteiger partial charge >= 0.3 is 0 Å². The molecule has 1 saturated carbocycles. The van der Waals surface area contributed by atoms with Crippen molar-refractivity contribution in [3.8, 4) is 17.2 Å². The summed E-state index contributed by atoms with van der Waals surface area (Å²) in [6.07, 6.45) is 17.2. The van der Waals surface area contributed by atoms with Crippen molar-refractivity contribution in [2.45, 2.75) is 83.5 Å². The highest BCUT2D eigenvalue weighted by Crippen LogP contribution is 2.41. The van der Waals surface area contributed by atoms with Gasteiger partial charge in [-0.15, -0.1) is 6.58 Å². The first-order valence-corrected chi connectivity index (χ1v) is 12.5. The summed E-state index contributed by atoms with van der Waals surface area (Å²) < 4.78 is 0. The molecule has 1 aliphatic carbocycles. The number of hydrogen-bond donors (Lipinski definition) is 0. The number of rotatable bonds is 11. The van der Waals surface area contributed by atoms with E-state index in [9.17, 15) is 0 Å². The minimum Gasteiger partial charge on any atom is -0.192 e. The summed E-state index contributed by atoms with van der Waals surface area (Å²) in [6.45, 7) is 6.35. The maximum absolute atomic E-state index is 9.00. The van der Waals surface area contributed by atoms with Gasteiger partial charge in [-0.3, -0.25) is 0 Å². The lowest BCUT2D eigenvalue weighted by Gasteiger charge is -2.34. The quantitative estimate of drug-likeness (QED) is 0.266. The molecule has 0 radical (unpaired) electrons. The number of nitrogens with zero attached hydrogens (tertiary/aromatic N) is 1. The van der Waals surface area contributed by atoms with Crippen LogP contribution >= 0.6 is 0 Å². The molecule has 164 valence electrons. The zero-order chi connectivity index (χ0) is 21.9. The molecule has 0 spiro atoms. The van der Waals surface area contributed by atoms with Gasteiger partial charge in [-0.25, -0.2) is 0 Å². The van der Waals surface area contributed by atoms with Gasteiger partial charge in [0.1, 0.15) is 0 Å². The van der Waals surface area contributed by atoms with Crippen molar-refractivity contribution < 1.29 is 0 Å². The molecule has 0 amide bonds. The van der Waals surface area contributed by atoms with Crippen molar-refractivity contribution in [1.82, 2.24) is 0 Å². The molecule has 1 atom stereocenters. The molecule has 0 aromatic heterocycles. The number of benzene rings is 2. The fourth-order valence-corrected chi connectivity index (χ4v) is 5.36. The molecular formula is C30H39N. The van der Waals surface area contributed by atoms with E-state index in [0.717, 1.165) is 18.3 Å². The molecule has 1 heteroatoms. The zero-order valence-electron chi connectivity index (χ0n) is 19.4. The fraction of sp³-hybridized carbons (Fsp3) is 0.500. The summed E-state index contributed by atoms with van der Waals surface area (Å²) >= 11 is 0. The van der Waals surface area contributed by atoms with Crippen LogP contribution in [0.5, 0.6) is 0 Å². The van der Waals surface area contributed by atoms with E-state index in [1.54, 1.807) is 0 Å². The molecule has 0 aliphatic heterocycles. The average Bonchev–Trinajstić information content (AvgIpc) is 2.83. The zero-order valence-corrected chi connectivity index (χ0v) is 19.4. The van der Waals surface area contributed by atoms with E-state index in [2.05, 4.69) is 49.9 Å². The summed E-state index contributed by atoms with van der Waals surface area (Å²) in [5.41, 5.74) is 4.56. The Morgan fingerprint density at radius 3 is 2.10 bits per heavy atom. The normalized spacial score (nSPS) is 19.5. The van der Waals surface area contributed by atoms with E-state index in [1.807, 2.05) is 24.3 Å². The SMILES string of the molecule is C=CCC(c1ccc(-c2ccc(C#N)cc2)cc1)[C@H]1CC[C@H](CCCCCCC)CC1. The molecule has 1 nitrogen and oxygen atoms in total. The van der Waals surface area contributed by atoms with Crippen LogP contribution in [0, 0.1) is 23.2 Å². The molecule has 1 fully saturated rings. The van der Waals surface area contributed by atoms with Crippen molar-refractivity contribution in [1.29, 1.82) is 5.26 Å². The van der Waals surface area contributed by atoms with Crippen molar-refractivity contribution in [2.24, 2.45) is 11.8 Å². The number of nitriles is 1. The number of unbranched alkanes of at least 4 members (excludes halogenated alkanes) is 4. The van der Waals surface area contributed by atoms with E-state index in [0.29, 0.717) is 11.5 Å². The van der Waals surface area contributed by atoms with Crippen LogP contribution in [0.1, 0.15) is 94.6 Å². The van der Waals surface area contributed by atoms with Gasteiger partial charge in [0.2, 0.25) is 0 Å². The molecule has 1 aliphatic rings. The van der Waals surface area contributed by atoms with Crippen LogP contribution in [-0.2, 0) is 0 Å². The third kappa shape index (κ3) is 6.83. The largest absolute Gasteiger partial charge is 0.192 e. The van der Waals surface area contributed by atoms with Crippen LogP contribution in [0.4, 0.5) is 0 Å². The Bertz CT molecular complexity index is 816. The Kier molecular flexibility index (Phi) is 9.41. The second-order valence-corrected chi connectivity index (χ2v) is 9.43. The third-order valence-electron chi connectivity index (χ3n) is 7.28. The molecule has 0 N–H and O–H groups in total. The van der Waals surface area contributed by atoms with E-state index in [1.165, 1.54) is 80.9 Å². The Morgan fingerprint density at radius 1 is 0.903 bits per heavy atom. The van der Waals surface area contributed by atoms with Gasteiger partial charge in [-0.05, 0) is 65.8 Å². The lowest BCUT2D eigenvalue weighted by Crippen LogP contribution is -2.20. The minimum atomic E-state index is 0.595. The summed E-state index contributed by atoms with van der Waals surface area (Å²) in [5.74, 6) is 2.34. The topological polar surface area (TPSA) is 23.8 Å². The lowest BCUT2D eigenvalue weighted by molar-refractivity contribution is 0.230. The standard InChI is InChI=1S/C30H39N/c1-3-5-6-7-8-10-24-11-17-28(18-12-24)30(9-4-2)29-21-19-27(20-22-29)26-15-13-25(23-31)14-16-26/h4,13-16,19-22,24,28,30H,2-3,5-12,17-18H2,1H3/t24-,28-,30?. The van der Waals surface area contributed by atoms with Gasteiger partial charge in [-0.2, -0.15) is 5.26 Å². The highest BCUT2D eigenvalue weighted by molar-refractivity contribution is 5.64. The smallest absolute Gasteiger partial charge is 0.0991 e. The lowest BCUT2D eigenvalue weighted by atomic mass is 9.71. The van der Waals surface area contributed by atoms with Crippen LogP contribution < -0.4 is 0 Å². The summed E-state index contributed by atoms with van der Waals surface area (Å²) in [4.78, 5) is 0. The minimum absolute atomic E-state index is 0.595. The number of allylic oxidation sites excluding steroid dienone is 1. The average molecular weight is 414 g/mol. The van der Waals surface area contributed by atoms with Gasteiger partial charge in [0.25, 0.3) is 0 Å². The maximum atomic E-state index is 9.00. The highest BCUT2D eigenvalue weighted by Gasteiger charge is 2.27. The van der Waals surface area contributed by atoms with Crippen LogP contribution in [0.3, 0.4) is 0 Å². The van der Waals surface area contributed by atoms with Crippen LogP contribution in [-0.4, -0.2) is 0 Å². The molecule has 0 saturated heterocycles. The molecule has 0 bridgehead atoms. The summed E-state index contributed by atoms with van der Waals surface area (Å²) in [5, 5.41) is 9.00. The van der Waals surface area contributed by atoms with E-state index >= 15 is 0 Å². The predicted octanol–water partition coefficient (Wildman–Crippen LogP) is 9.05. The first-order valence-electron chi connectivity index (χ1n) is 12.5. The van der Waals surface area contributed by atoms with Crippen LogP contribution in [0.15, 0.2) is 61.2 Å². The second kappa shape index (κ2) is 12.5. The first-order chi connectivity index (χ1) is 15.2.